The summed E-state index contributed by atoms with van der Waals surface area (Å²) in [7, 11) is 0. The molecule has 2 aromatic carbocycles. The second kappa shape index (κ2) is 8.39. The zero-order chi connectivity index (χ0) is 19.5. The highest BCUT2D eigenvalue weighted by atomic mass is 35.5. The van der Waals surface area contributed by atoms with Crippen LogP contribution in [0.5, 0.6) is 5.75 Å². The van der Waals surface area contributed by atoms with Gasteiger partial charge in [0.15, 0.2) is 0 Å². The van der Waals surface area contributed by atoms with Gasteiger partial charge in [-0.25, -0.2) is 0 Å². The van der Waals surface area contributed by atoms with Crippen molar-refractivity contribution in [3.8, 4) is 5.75 Å². The van der Waals surface area contributed by atoms with Crippen LogP contribution < -0.4 is 15.0 Å². The molecule has 0 aliphatic carbocycles. The Balaban J connectivity index is 1.22. The molecule has 1 atom stereocenters. The predicted molar refractivity (Wildman–Crippen MR) is 110 cm³/mol. The molecule has 2 heterocycles. The molecule has 6 nitrogen and oxygen atoms in total. The quantitative estimate of drug-likeness (QED) is 0.778. The average Bonchev–Trinajstić information content (AvgIpc) is 3.06. The van der Waals surface area contributed by atoms with Crippen molar-refractivity contribution in [2.75, 3.05) is 49.5 Å². The zero-order valence-corrected chi connectivity index (χ0v) is 16.4. The molecule has 0 bridgehead atoms. The van der Waals surface area contributed by atoms with E-state index in [0.29, 0.717) is 18.7 Å². The van der Waals surface area contributed by atoms with Gasteiger partial charge in [-0.3, -0.25) is 9.69 Å². The number of aliphatic hydroxyl groups excluding tert-OH is 1. The Morgan fingerprint density at radius 2 is 1.96 bits per heavy atom. The standard InChI is InChI=1S/C21H24ClN3O3/c22-16-2-1-3-17(12-16)25-8-6-24(7-9-25)13-18(26)14-28-19-4-5-20-15(10-19)11-21(27)23-20/h1-5,10,12,18,26H,6-9,11,13-14H2,(H,23,27). The highest BCUT2D eigenvalue weighted by Gasteiger charge is 2.21. The lowest BCUT2D eigenvalue weighted by Crippen LogP contribution is -2.49. The van der Waals surface area contributed by atoms with E-state index < -0.39 is 6.10 Å². The molecule has 0 radical (unpaired) electrons. The molecule has 28 heavy (non-hydrogen) atoms. The number of amides is 1. The van der Waals surface area contributed by atoms with Crippen LogP contribution in [-0.2, 0) is 11.2 Å². The summed E-state index contributed by atoms with van der Waals surface area (Å²) < 4.78 is 5.73. The number of hydrogen-bond acceptors (Lipinski definition) is 5. The number of nitrogens with one attached hydrogen (secondary N) is 1. The summed E-state index contributed by atoms with van der Waals surface area (Å²) in [6, 6.07) is 13.4. The lowest BCUT2D eigenvalue weighted by molar-refractivity contribution is -0.115. The number of piperazine rings is 1. The Hall–Kier alpha value is -2.28. The van der Waals surface area contributed by atoms with Gasteiger partial charge in [0, 0.05) is 49.1 Å². The molecule has 2 aromatic rings. The van der Waals surface area contributed by atoms with Crippen LogP contribution in [0.25, 0.3) is 0 Å². The lowest BCUT2D eigenvalue weighted by atomic mass is 10.1. The number of anilines is 2. The van der Waals surface area contributed by atoms with Gasteiger partial charge in [-0.1, -0.05) is 17.7 Å². The van der Waals surface area contributed by atoms with Gasteiger partial charge in [0.05, 0.1) is 6.42 Å². The largest absolute Gasteiger partial charge is 0.491 e. The summed E-state index contributed by atoms with van der Waals surface area (Å²) in [5, 5.41) is 13.9. The van der Waals surface area contributed by atoms with Crippen LogP contribution in [0.1, 0.15) is 5.56 Å². The smallest absolute Gasteiger partial charge is 0.228 e. The van der Waals surface area contributed by atoms with Crippen molar-refractivity contribution in [1.82, 2.24) is 4.90 Å². The van der Waals surface area contributed by atoms with Crippen LogP contribution in [-0.4, -0.2) is 61.3 Å². The molecular weight excluding hydrogens is 378 g/mol. The fraction of sp³-hybridized carbons (Fsp3) is 0.381. The normalized spacial score (nSPS) is 17.9. The van der Waals surface area contributed by atoms with Gasteiger partial charge in [0.25, 0.3) is 0 Å². The Labute approximate surface area is 169 Å². The van der Waals surface area contributed by atoms with E-state index in [1.165, 1.54) is 0 Å². The van der Waals surface area contributed by atoms with E-state index in [0.717, 1.165) is 48.1 Å². The molecule has 0 aromatic heterocycles. The summed E-state index contributed by atoms with van der Waals surface area (Å²) >= 11 is 6.08. The van der Waals surface area contributed by atoms with Crippen molar-refractivity contribution in [2.24, 2.45) is 0 Å². The van der Waals surface area contributed by atoms with Crippen molar-refractivity contribution in [1.29, 1.82) is 0 Å². The number of β-amino-alcohol motifs (C(OH)–C–C–N with tert-alkyl or cyclic N) is 1. The van der Waals surface area contributed by atoms with Gasteiger partial charge in [-0.2, -0.15) is 0 Å². The molecule has 148 valence electrons. The Bertz CT molecular complexity index is 853. The number of hydrogen-bond donors (Lipinski definition) is 2. The highest BCUT2D eigenvalue weighted by molar-refractivity contribution is 6.30. The first-order valence-corrected chi connectivity index (χ1v) is 9.91. The lowest BCUT2D eigenvalue weighted by Gasteiger charge is -2.36. The molecule has 1 saturated heterocycles. The van der Waals surface area contributed by atoms with Gasteiger partial charge < -0.3 is 20.1 Å². The van der Waals surface area contributed by atoms with Crippen molar-refractivity contribution >= 4 is 28.9 Å². The molecule has 1 unspecified atom stereocenters. The van der Waals surface area contributed by atoms with Gasteiger partial charge >= 0.3 is 0 Å². The highest BCUT2D eigenvalue weighted by Crippen LogP contribution is 2.27. The third kappa shape index (κ3) is 4.58. The minimum absolute atomic E-state index is 0.00380. The number of carbonyl (C=O) groups excluding carboxylic acids is 1. The van der Waals surface area contributed by atoms with Gasteiger partial charge in [-0.05, 0) is 42.0 Å². The SMILES string of the molecule is O=C1Cc2cc(OCC(O)CN3CCN(c4cccc(Cl)c4)CC3)ccc2N1. The summed E-state index contributed by atoms with van der Waals surface area (Å²) in [6.45, 7) is 4.38. The fourth-order valence-electron chi connectivity index (χ4n) is 3.70. The average molecular weight is 402 g/mol. The van der Waals surface area contributed by atoms with Crippen LogP contribution >= 0.6 is 11.6 Å². The van der Waals surface area contributed by atoms with Crippen LogP contribution in [0.15, 0.2) is 42.5 Å². The van der Waals surface area contributed by atoms with Gasteiger partial charge in [0.1, 0.15) is 18.5 Å². The van der Waals surface area contributed by atoms with Crippen LogP contribution in [0.4, 0.5) is 11.4 Å². The second-order valence-electron chi connectivity index (χ2n) is 7.28. The number of rotatable bonds is 6. The first-order chi connectivity index (χ1) is 13.6. The van der Waals surface area contributed by atoms with Crippen molar-refractivity contribution in [2.45, 2.75) is 12.5 Å². The van der Waals surface area contributed by atoms with Crippen LogP contribution in [0, 0.1) is 0 Å². The first kappa shape index (κ1) is 19.1. The Morgan fingerprint density at radius 1 is 1.14 bits per heavy atom. The van der Waals surface area contributed by atoms with E-state index in [4.69, 9.17) is 16.3 Å². The Morgan fingerprint density at radius 3 is 2.75 bits per heavy atom. The van der Waals surface area contributed by atoms with E-state index in [1.807, 2.05) is 36.4 Å². The number of ether oxygens (including phenoxy) is 1. The molecule has 7 heteroatoms. The molecule has 4 rings (SSSR count). The van der Waals surface area contributed by atoms with Gasteiger partial charge in [-0.15, -0.1) is 0 Å². The maximum Gasteiger partial charge on any atom is 0.228 e. The maximum absolute atomic E-state index is 11.4. The molecule has 2 aliphatic rings. The molecule has 1 amide bonds. The number of halogens is 1. The van der Waals surface area contributed by atoms with Crippen molar-refractivity contribution < 1.29 is 14.6 Å². The molecular formula is C21H24ClN3O3. The monoisotopic (exact) mass is 401 g/mol. The van der Waals surface area contributed by atoms with Gasteiger partial charge in [0.2, 0.25) is 5.91 Å². The molecule has 1 fully saturated rings. The predicted octanol–water partition coefficient (Wildman–Crippen LogP) is 2.40. The first-order valence-electron chi connectivity index (χ1n) is 9.53. The zero-order valence-electron chi connectivity index (χ0n) is 15.6. The summed E-state index contributed by atoms with van der Waals surface area (Å²) in [5.41, 5.74) is 2.92. The summed E-state index contributed by atoms with van der Waals surface area (Å²) in [4.78, 5) is 16.0. The molecule has 0 spiro atoms. The van der Waals surface area contributed by atoms with E-state index in [-0.39, 0.29) is 12.5 Å². The van der Waals surface area contributed by atoms with Crippen molar-refractivity contribution in [3.05, 3.63) is 53.1 Å². The van der Waals surface area contributed by atoms with E-state index >= 15 is 0 Å². The number of nitrogens with zero attached hydrogens (tertiary/aromatic N) is 2. The number of aliphatic hydroxyl groups is 1. The topological polar surface area (TPSA) is 65.0 Å². The summed E-state index contributed by atoms with van der Waals surface area (Å²) in [5.74, 6) is 0.684. The number of benzene rings is 2. The van der Waals surface area contributed by atoms with E-state index in [1.54, 1.807) is 0 Å². The van der Waals surface area contributed by atoms with E-state index in [2.05, 4.69) is 21.2 Å². The van der Waals surface area contributed by atoms with Crippen LogP contribution in [0.2, 0.25) is 5.02 Å². The molecule has 2 aliphatic heterocycles. The minimum Gasteiger partial charge on any atom is -0.491 e. The fourth-order valence-corrected chi connectivity index (χ4v) is 3.88. The summed E-state index contributed by atoms with van der Waals surface area (Å²) in [6.07, 6.45) is -0.183. The Kier molecular flexibility index (Phi) is 5.71. The maximum atomic E-state index is 11.4. The molecule has 2 N–H and O–H groups in total. The third-order valence-corrected chi connectivity index (χ3v) is 5.39. The minimum atomic E-state index is -0.564. The number of fused-ring (bicyclic) bond motifs is 1. The number of carbonyl (C=O) groups is 1. The van der Waals surface area contributed by atoms with Crippen molar-refractivity contribution in [3.63, 3.8) is 0 Å². The second-order valence-corrected chi connectivity index (χ2v) is 7.71. The third-order valence-electron chi connectivity index (χ3n) is 5.16. The van der Waals surface area contributed by atoms with Crippen LogP contribution in [0.3, 0.4) is 0 Å². The molecule has 0 saturated carbocycles. The van der Waals surface area contributed by atoms with E-state index in [9.17, 15) is 9.90 Å².